The summed E-state index contributed by atoms with van der Waals surface area (Å²) in [5.74, 6) is 0.822. The van der Waals surface area contributed by atoms with Crippen molar-refractivity contribution in [1.29, 1.82) is 0 Å². The topological polar surface area (TPSA) is 66.2 Å². The van der Waals surface area contributed by atoms with Crippen LogP contribution in [0.25, 0.3) is 11.0 Å². The van der Waals surface area contributed by atoms with Crippen molar-refractivity contribution in [2.75, 3.05) is 34.8 Å². The van der Waals surface area contributed by atoms with E-state index < -0.39 is 5.97 Å². The predicted molar refractivity (Wildman–Crippen MR) is 132 cm³/mol. The van der Waals surface area contributed by atoms with Crippen molar-refractivity contribution in [2.45, 2.75) is 30.7 Å². The van der Waals surface area contributed by atoms with Crippen molar-refractivity contribution in [3.63, 3.8) is 0 Å². The van der Waals surface area contributed by atoms with Crippen molar-refractivity contribution in [3.05, 3.63) is 58.8 Å². The molecule has 0 radical (unpaired) electrons. The molecule has 0 saturated carbocycles. The van der Waals surface area contributed by atoms with Gasteiger partial charge in [0.25, 0.3) is 0 Å². The van der Waals surface area contributed by atoms with Crippen molar-refractivity contribution in [2.24, 2.45) is 0 Å². The molecule has 0 atom stereocenters. The maximum atomic E-state index is 12.9. The van der Waals surface area contributed by atoms with Crippen LogP contribution < -0.4 is 0 Å². The summed E-state index contributed by atoms with van der Waals surface area (Å²) in [6.07, 6.45) is 0. The van der Waals surface area contributed by atoms with Crippen molar-refractivity contribution in [3.8, 4) is 5.75 Å². The van der Waals surface area contributed by atoms with E-state index in [0.29, 0.717) is 46.7 Å². The third-order valence-electron chi connectivity index (χ3n) is 4.76. The number of halogens is 1. The molecule has 0 bridgehead atoms. The second kappa shape index (κ2) is 11.6. The van der Waals surface area contributed by atoms with Gasteiger partial charge in [0.15, 0.2) is 0 Å². The molecule has 1 heterocycles. The van der Waals surface area contributed by atoms with Gasteiger partial charge in [-0.3, -0.25) is 0 Å². The highest BCUT2D eigenvalue weighted by molar-refractivity contribution is 7.98. The zero-order valence-corrected chi connectivity index (χ0v) is 20.8. The molecule has 0 unspecified atom stereocenters. The lowest BCUT2D eigenvalue weighted by Crippen LogP contribution is -2.14. The molecule has 0 aliphatic rings. The molecule has 1 N–H and O–H groups in total. The summed E-state index contributed by atoms with van der Waals surface area (Å²) in [4.78, 5) is 17.9. The molecule has 8 heteroatoms. The zero-order chi connectivity index (χ0) is 22.5. The minimum atomic E-state index is -0.427. The summed E-state index contributed by atoms with van der Waals surface area (Å²) < 4.78 is 11.5. The van der Waals surface area contributed by atoms with Crippen LogP contribution in [-0.2, 0) is 23.6 Å². The monoisotopic (exact) mass is 478 g/mol. The van der Waals surface area contributed by atoms with Gasteiger partial charge in [0.2, 0.25) is 0 Å². The number of ether oxygens (including phenoxy) is 1. The normalized spacial score (nSPS) is 11.2. The Morgan fingerprint density at radius 2 is 1.75 bits per heavy atom. The Labute approximate surface area is 199 Å². The molecule has 0 aliphatic heterocycles. The predicted octanol–water partition coefficient (Wildman–Crippen LogP) is 5.15. The number of rotatable bonds is 9. The van der Waals surface area contributed by atoms with E-state index in [1.54, 1.807) is 18.7 Å². The molecule has 3 rings (SSSR count). The standard InChI is InChI=1S/C24H30N2O4S.ClH/c1-6-29-24(28)22-20(14-26(4)5)30-19-12-16(13-25(2)3)23(27)18(21(19)22)15-31-17-10-8-7-9-11-17;/h7-12,27H,6,13-15H2,1-5H3;1H. The zero-order valence-electron chi connectivity index (χ0n) is 19.2. The number of nitrogens with zero attached hydrogens (tertiary/aromatic N) is 2. The molecule has 0 spiro atoms. The van der Waals surface area contributed by atoms with Gasteiger partial charge >= 0.3 is 5.97 Å². The highest BCUT2D eigenvalue weighted by Crippen LogP contribution is 2.40. The van der Waals surface area contributed by atoms with Crippen LogP contribution in [0.1, 0.15) is 34.2 Å². The van der Waals surface area contributed by atoms with E-state index in [1.165, 1.54) is 0 Å². The molecule has 2 aromatic carbocycles. The first-order valence-corrected chi connectivity index (χ1v) is 11.2. The lowest BCUT2D eigenvalue weighted by atomic mass is 10.0. The molecule has 0 saturated heterocycles. The van der Waals surface area contributed by atoms with Gasteiger partial charge in [-0.2, -0.15) is 0 Å². The molecule has 3 aromatic rings. The summed E-state index contributed by atoms with van der Waals surface area (Å²) in [6, 6.07) is 11.8. The largest absolute Gasteiger partial charge is 0.507 e. The van der Waals surface area contributed by atoms with Crippen molar-refractivity contribution in [1.82, 2.24) is 9.80 Å². The van der Waals surface area contributed by atoms with Gasteiger partial charge in [0, 0.05) is 33.7 Å². The van der Waals surface area contributed by atoms with E-state index in [4.69, 9.17) is 9.15 Å². The van der Waals surface area contributed by atoms with Crippen LogP contribution >= 0.6 is 24.2 Å². The second-order valence-corrected chi connectivity index (χ2v) is 8.98. The molecule has 6 nitrogen and oxygen atoms in total. The van der Waals surface area contributed by atoms with E-state index in [2.05, 4.69) is 0 Å². The number of phenolic OH excluding ortho intramolecular Hbond substituents is 1. The Bertz CT molecular complexity index is 1050. The molecule has 0 fully saturated rings. The summed E-state index contributed by atoms with van der Waals surface area (Å²) in [6.45, 7) is 3.07. The molecule has 0 aliphatic carbocycles. The minimum Gasteiger partial charge on any atom is -0.507 e. The third kappa shape index (κ3) is 5.98. The lowest BCUT2D eigenvalue weighted by molar-refractivity contribution is 0.0524. The smallest absolute Gasteiger partial charge is 0.342 e. The third-order valence-corrected chi connectivity index (χ3v) is 5.80. The molecular weight excluding hydrogens is 448 g/mol. The van der Waals surface area contributed by atoms with Crippen LogP contribution in [0.5, 0.6) is 5.75 Å². The number of phenols is 1. The maximum absolute atomic E-state index is 12.9. The Morgan fingerprint density at radius 1 is 1.09 bits per heavy atom. The minimum absolute atomic E-state index is 0. The molecule has 174 valence electrons. The Balaban J connectivity index is 0.00000363. The summed E-state index contributed by atoms with van der Waals surface area (Å²) >= 11 is 1.61. The fourth-order valence-corrected chi connectivity index (χ4v) is 4.47. The SMILES string of the molecule is CCOC(=O)c1c(CN(C)C)oc2cc(CN(C)C)c(O)c(CSc3ccccc3)c12.Cl. The average molecular weight is 479 g/mol. The van der Waals surface area contributed by atoms with Gasteiger partial charge in [0.05, 0.1) is 13.2 Å². The second-order valence-electron chi connectivity index (χ2n) is 7.93. The number of thioether (sulfide) groups is 1. The first-order chi connectivity index (χ1) is 14.8. The van der Waals surface area contributed by atoms with Crippen molar-refractivity contribution >= 4 is 41.1 Å². The van der Waals surface area contributed by atoms with Crippen molar-refractivity contribution < 1.29 is 19.1 Å². The summed E-state index contributed by atoms with van der Waals surface area (Å²) in [7, 11) is 7.74. The number of carbonyl (C=O) groups is 1. The number of benzene rings is 2. The first-order valence-electron chi connectivity index (χ1n) is 10.2. The van der Waals surface area contributed by atoms with Gasteiger partial charge < -0.3 is 24.1 Å². The van der Waals surface area contributed by atoms with Gasteiger partial charge in [-0.25, -0.2) is 4.79 Å². The van der Waals surface area contributed by atoms with Gasteiger partial charge in [-0.1, -0.05) is 18.2 Å². The van der Waals surface area contributed by atoms with Crippen LogP contribution in [0.4, 0.5) is 0 Å². The molecule has 1 aromatic heterocycles. The van der Waals surface area contributed by atoms with Crippen LogP contribution in [0.3, 0.4) is 0 Å². The van der Waals surface area contributed by atoms with E-state index in [9.17, 15) is 9.90 Å². The Kier molecular flexibility index (Phi) is 9.46. The number of hydrogen-bond donors (Lipinski definition) is 1. The molecular formula is C24H31ClN2O4S. The van der Waals surface area contributed by atoms with E-state index in [0.717, 1.165) is 10.5 Å². The van der Waals surface area contributed by atoms with Gasteiger partial charge in [-0.15, -0.1) is 24.2 Å². The number of aromatic hydroxyl groups is 1. The van der Waals surface area contributed by atoms with Crippen LogP contribution in [0, 0.1) is 0 Å². The maximum Gasteiger partial charge on any atom is 0.342 e. The fourth-order valence-electron chi connectivity index (χ4n) is 3.53. The highest BCUT2D eigenvalue weighted by atomic mass is 35.5. The molecule has 0 amide bonds. The van der Waals surface area contributed by atoms with Crippen LogP contribution in [-0.4, -0.2) is 55.7 Å². The number of fused-ring (bicyclic) bond motifs is 1. The number of esters is 1. The quantitative estimate of drug-likeness (QED) is 0.337. The highest BCUT2D eigenvalue weighted by Gasteiger charge is 2.27. The number of hydrogen-bond acceptors (Lipinski definition) is 7. The first kappa shape index (κ1) is 26.1. The number of carbonyl (C=O) groups excluding carboxylic acids is 1. The van der Waals surface area contributed by atoms with Gasteiger partial charge in [-0.05, 0) is 53.3 Å². The summed E-state index contributed by atoms with van der Waals surface area (Å²) in [5.41, 5.74) is 2.46. The van der Waals surface area contributed by atoms with Gasteiger partial charge in [0.1, 0.15) is 22.7 Å². The molecule has 32 heavy (non-hydrogen) atoms. The number of furan rings is 1. The Morgan fingerprint density at radius 3 is 2.34 bits per heavy atom. The Hall–Kier alpha value is -2.19. The lowest BCUT2D eigenvalue weighted by Gasteiger charge is -2.15. The van der Waals surface area contributed by atoms with E-state index >= 15 is 0 Å². The van der Waals surface area contributed by atoms with Crippen LogP contribution in [0.15, 0.2) is 45.7 Å². The fraction of sp³-hybridized carbons (Fsp3) is 0.375. The average Bonchev–Trinajstić information content (AvgIpc) is 3.05. The van der Waals surface area contributed by atoms with Crippen LogP contribution in [0.2, 0.25) is 0 Å². The van der Waals surface area contributed by atoms with E-state index in [-0.39, 0.29) is 24.8 Å². The summed E-state index contributed by atoms with van der Waals surface area (Å²) in [5, 5.41) is 11.8. The van der Waals surface area contributed by atoms with E-state index in [1.807, 2.05) is 74.4 Å².